The Morgan fingerprint density at radius 2 is 2.29 bits per heavy atom. The Bertz CT molecular complexity index is 532. The molecule has 0 N–H and O–H groups in total. The lowest BCUT2D eigenvalue weighted by Crippen LogP contribution is -2.63. The highest BCUT2D eigenvalue weighted by atomic mass is 19.1. The van der Waals surface area contributed by atoms with Gasteiger partial charge in [-0.3, -0.25) is 14.0 Å². The fourth-order valence-electron chi connectivity index (χ4n) is 2.91. The molecule has 21 heavy (non-hydrogen) atoms. The number of terminal acetylenes is 1. The molecule has 1 aromatic heterocycles. The van der Waals surface area contributed by atoms with Crippen LogP contribution in [-0.2, 0) is 5.54 Å². The van der Waals surface area contributed by atoms with Crippen LogP contribution in [0.4, 0.5) is 4.39 Å². The van der Waals surface area contributed by atoms with Crippen molar-refractivity contribution in [3.05, 3.63) is 30.1 Å². The first-order valence-corrected chi connectivity index (χ1v) is 7.48. The Labute approximate surface area is 126 Å². The van der Waals surface area contributed by atoms with Crippen LogP contribution in [0.25, 0.3) is 0 Å². The molecule has 1 aliphatic heterocycles. The summed E-state index contributed by atoms with van der Waals surface area (Å²) in [5.74, 6) is 3.09. The average molecular weight is 289 g/mol. The number of rotatable bonds is 7. The van der Waals surface area contributed by atoms with Crippen molar-refractivity contribution in [2.45, 2.75) is 38.1 Å². The summed E-state index contributed by atoms with van der Waals surface area (Å²) >= 11 is 0. The predicted octanol–water partition coefficient (Wildman–Crippen LogP) is 2.96. The quantitative estimate of drug-likeness (QED) is 0.720. The Kier molecular flexibility index (Phi) is 4.84. The van der Waals surface area contributed by atoms with E-state index in [1.165, 1.54) is 5.56 Å². The van der Waals surface area contributed by atoms with Crippen molar-refractivity contribution in [2.24, 2.45) is 0 Å². The van der Waals surface area contributed by atoms with Gasteiger partial charge in [-0.25, -0.2) is 0 Å². The molecule has 0 amide bonds. The Morgan fingerprint density at radius 3 is 2.81 bits per heavy atom. The molecule has 1 saturated heterocycles. The molecule has 114 valence electrons. The van der Waals surface area contributed by atoms with Crippen molar-refractivity contribution in [1.82, 2.24) is 14.7 Å². The molecule has 0 unspecified atom stereocenters. The monoisotopic (exact) mass is 289 g/mol. The minimum Gasteiger partial charge on any atom is -0.298 e. The molecular weight excluding hydrogens is 265 g/mol. The molecule has 0 aliphatic carbocycles. The first kappa shape index (κ1) is 15.8. The van der Waals surface area contributed by atoms with Crippen LogP contribution in [0, 0.1) is 12.3 Å². The normalized spacial score (nSPS) is 17.5. The van der Waals surface area contributed by atoms with Gasteiger partial charge < -0.3 is 0 Å². The van der Waals surface area contributed by atoms with Gasteiger partial charge in [0.25, 0.3) is 0 Å². The summed E-state index contributed by atoms with van der Waals surface area (Å²) in [5.41, 5.74) is 1.90. The van der Waals surface area contributed by atoms with Crippen LogP contribution in [-0.4, -0.2) is 41.0 Å². The lowest BCUT2D eigenvalue weighted by atomic mass is 9.83. The fraction of sp³-hybridized carbons (Fsp3) is 0.588. The van der Waals surface area contributed by atoms with E-state index in [1.54, 1.807) is 0 Å². The van der Waals surface area contributed by atoms with Crippen molar-refractivity contribution >= 4 is 0 Å². The van der Waals surface area contributed by atoms with Crippen LogP contribution < -0.4 is 0 Å². The highest BCUT2D eigenvalue weighted by Crippen LogP contribution is 2.35. The smallest absolute Gasteiger partial charge is 0.0926 e. The molecule has 2 heterocycles. The lowest BCUT2D eigenvalue weighted by Gasteiger charge is -2.50. The molecule has 0 saturated carbocycles. The maximum absolute atomic E-state index is 12.3. The van der Waals surface area contributed by atoms with Crippen LogP contribution in [0.1, 0.15) is 38.2 Å². The van der Waals surface area contributed by atoms with E-state index in [9.17, 15) is 4.39 Å². The van der Waals surface area contributed by atoms with E-state index in [0.717, 1.165) is 31.6 Å². The number of hydrogen-bond donors (Lipinski definition) is 0. The van der Waals surface area contributed by atoms with Crippen LogP contribution in [0.15, 0.2) is 24.5 Å². The summed E-state index contributed by atoms with van der Waals surface area (Å²) in [4.78, 5) is 2.25. The third kappa shape index (κ3) is 3.36. The number of hydrogen-bond acceptors (Lipinski definition) is 2. The van der Waals surface area contributed by atoms with Gasteiger partial charge in [0.1, 0.15) is 0 Å². The third-order valence-corrected chi connectivity index (χ3v) is 4.15. The van der Waals surface area contributed by atoms with E-state index in [-0.39, 0.29) is 12.2 Å². The number of alkyl halides is 1. The SMILES string of the molecule is C#CC(=C)CC1(n2cc(C(C)C)cn2)CN(CCCF)C1. The van der Waals surface area contributed by atoms with Crippen LogP contribution in [0.2, 0.25) is 0 Å². The molecule has 0 radical (unpaired) electrons. The highest BCUT2D eigenvalue weighted by Gasteiger charge is 2.45. The molecular formula is C17H24FN3. The van der Waals surface area contributed by atoms with E-state index in [1.807, 2.05) is 10.9 Å². The van der Waals surface area contributed by atoms with Gasteiger partial charge in [0.05, 0.1) is 18.4 Å². The topological polar surface area (TPSA) is 21.1 Å². The van der Waals surface area contributed by atoms with Gasteiger partial charge in [0.2, 0.25) is 0 Å². The largest absolute Gasteiger partial charge is 0.298 e. The molecule has 0 bridgehead atoms. The fourth-order valence-corrected chi connectivity index (χ4v) is 2.91. The maximum Gasteiger partial charge on any atom is 0.0926 e. The second kappa shape index (κ2) is 6.44. The summed E-state index contributed by atoms with van der Waals surface area (Å²) in [6.45, 7) is 10.5. The van der Waals surface area contributed by atoms with Crippen LogP contribution >= 0.6 is 0 Å². The third-order valence-electron chi connectivity index (χ3n) is 4.15. The second-order valence-electron chi connectivity index (χ2n) is 6.28. The summed E-state index contributed by atoms with van der Waals surface area (Å²) < 4.78 is 14.3. The second-order valence-corrected chi connectivity index (χ2v) is 6.28. The maximum atomic E-state index is 12.3. The molecule has 1 aliphatic rings. The van der Waals surface area contributed by atoms with Crippen LogP contribution in [0.5, 0.6) is 0 Å². The summed E-state index contributed by atoms with van der Waals surface area (Å²) in [5, 5.41) is 4.54. The number of aromatic nitrogens is 2. The predicted molar refractivity (Wildman–Crippen MR) is 83.9 cm³/mol. The van der Waals surface area contributed by atoms with Gasteiger partial charge in [-0.2, -0.15) is 5.10 Å². The zero-order valence-electron chi connectivity index (χ0n) is 13.0. The molecule has 1 fully saturated rings. The van der Waals surface area contributed by atoms with Gasteiger partial charge in [-0.15, -0.1) is 6.42 Å². The minimum absolute atomic E-state index is 0.118. The van der Waals surface area contributed by atoms with Gasteiger partial charge in [-0.05, 0) is 23.5 Å². The van der Waals surface area contributed by atoms with Crippen molar-refractivity contribution in [2.75, 3.05) is 26.3 Å². The van der Waals surface area contributed by atoms with E-state index in [4.69, 9.17) is 6.42 Å². The lowest BCUT2D eigenvalue weighted by molar-refractivity contribution is 0.00117. The van der Waals surface area contributed by atoms with E-state index in [0.29, 0.717) is 12.3 Å². The van der Waals surface area contributed by atoms with Crippen molar-refractivity contribution in [3.63, 3.8) is 0 Å². The van der Waals surface area contributed by atoms with Crippen molar-refractivity contribution in [3.8, 4) is 12.3 Å². The Balaban J connectivity index is 2.14. The average Bonchev–Trinajstić information content (AvgIpc) is 2.91. The molecule has 0 atom stereocenters. The highest BCUT2D eigenvalue weighted by molar-refractivity contribution is 5.26. The molecule has 3 nitrogen and oxygen atoms in total. The van der Waals surface area contributed by atoms with E-state index >= 15 is 0 Å². The Morgan fingerprint density at radius 1 is 1.57 bits per heavy atom. The molecule has 0 aromatic carbocycles. The molecule has 4 heteroatoms. The number of likely N-dealkylation sites (tertiary alicyclic amines) is 1. The number of allylic oxidation sites excluding steroid dienone is 1. The summed E-state index contributed by atoms with van der Waals surface area (Å²) in [7, 11) is 0. The first-order chi connectivity index (χ1) is 10.0. The molecule has 1 aromatic rings. The number of halogens is 1. The van der Waals surface area contributed by atoms with E-state index < -0.39 is 0 Å². The van der Waals surface area contributed by atoms with Gasteiger partial charge >= 0.3 is 0 Å². The standard InChI is InChI=1S/C17H24FN3/c1-5-15(4)9-17(12-20(13-17)8-6-7-18)21-11-16(10-19-21)14(2)3/h1,10-11,14H,4,6-9,12-13H2,2-3H3. The van der Waals surface area contributed by atoms with Crippen LogP contribution in [0.3, 0.4) is 0 Å². The van der Waals surface area contributed by atoms with Crippen molar-refractivity contribution in [1.29, 1.82) is 0 Å². The zero-order valence-corrected chi connectivity index (χ0v) is 13.0. The van der Waals surface area contributed by atoms with Gasteiger partial charge in [0, 0.05) is 32.3 Å². The number of nitrogens with zero attached hydrogens (tertiary/aromatic N) is 3. The summed E-state index contributed by atoms with van der Waals surface area (Å²) in [6, 6.07) is 0. The van der Waals surface area contributed by atoms with Crippen molar-refractivity contribution < 1.29 is 4.39 Å². The zero-order chi connectivity index (χ0) is 15.5. The Hall–Kier alpha value is -1.60. The van der Waals surface area contributed by atoms with Gasteiger partial charge in [-0.1, -0.05) is 26.3 Å². The molecule has 0 spiro atoms. The minimum atomic E-state index is -0.264. The van der Waals surface area contributed by atoms with E-state index in [2.05, 4.69) is 42.5 Å². The first-order valence-electron chi connectivity index (χ1n) is 7.48. The molecule has 2 rings (SSSR count). The van der Waals surface area contributed by atoms with Gasteiger partial charge in [0.15, 0.2) is 0 Å². The summed E-state index contributed by atoms with van der Waals surface area (Å²) in [6.07, 6.45) is 10.8.